The van der Waals surface area contributed by atoms with E-state index in [0.29, 0.717) is 18.4 Å². The van der Waals surface area contributed by atoms with Crippen molar-refractivity contribution >= 4 is 17.7 Å². The fraction of sp³-hybridized carbons (Fsp3) is 0.348. The molecule has 1 aromatic heterocycles. The Hall–Kier alpha value is -3.00. The van der Waals surface area contributed by atoms with Crippen LogP contribution in [-0.4, -0.2) is 39.6 Å². The van der Waals surface area contributed by atoms with E-state index in [1.807, 2.05) is 48.5 Å². The summed E-state index contributed by atoms with van der Waals surface area (Å²) in [4.78, 5) is 17.0. The minimum atomic E-state index is -0.125. The van der Waals surface area contributed by atoms with Crippen molar-refractivity contribution in [2.24, 2.45) is 5.92 Å². The summed E-state index contributed by atoms with van der Waals surface area (Å²) in [6, 6.07) is 15.5. The van der Waals surface area contributed by atoms with Gasteiger partial charge in [-0.15, -0.1) is 5.10 Å². The van der Waals surface area contributed by atoms with Crippen LogP contribution in [0.1, 0.15) is 31.9 Å². The van der Waals surface area contributed by atoms with Crippen LogP contribution >= 0.6 is 11.8 Å². The zero-order chi connectivity index (χ0) is 21.6. The summed E-state index contributed by atoms with van der Waals surface area (Å²) in [5, 5.41) is 8.15. The Morgan fingerprint density at radius 3 is 2.68 bits per heavy atom. The molecular weight excluding hydrogens is 412 g/mol. The van der Waals surface area contributed by atoms with Gasteiger partial charge in [-0.1, -0.05) is 49.9 Å². The fourth-order valence-corrected chi connectivity index (χ4v) is 3.98. The summed E-state index contributed by atoms with van der Waals surface area (Å²) in [6.45, 7) is 5.46. The van der Waals surface area contributed by atoms with Crippen molar-refractivity contribution in [2.75, 3.05) is 19.0 Å². The number of carbonyl (C=O) groups excluding carboxylic acids is 1. The van der Waals surface area contributed by atoms with E-state index in [2.05, 4.69) is 29.2 Å². The van der Waals surface area contributed by atoms with Gasteiger partial charge >= 0.3 is 0 Å². The van der Waals surface area contributed by atoms with Crippen LogP contribution in [-0.2, 0) is 4.79 Å². The fourth-order valence-electron chi connectivity index (χ4n) is 3.37. The number of rotatable bonds is 7. The second kappa shape index (κ2) is 9.87. The number of hydrogen-bond donors (Lipinski definition) is 1. The molecule has 1 aliphatic heterocycles. The maximum atomic E-state index is 12.7. The van der Waals surface area contributed by atoms with Gasteiger partial charge in [0.25, 0.3) is 0 Å². The Kier molecular flexibility index (Phi) is 6.76. The van der Waals surface area contributed by atoms with Gasteiger partial charge in [0.2, 0.25) is 11.1 Å². The van der Waals surface area contributed by atoms with Crippen LogP contribution in [0, 0.1) is 5.92 Å². The van der Waals surface area contributed by atoms with E-state index in [1.54, 1.807) is 11.0 Å². The van der Waals surface area contributed by atoms with Crippen molar-refractivity contribution in [3.63, 3.8) is 0 Å². The Labute approximate surface area is 186 Å². The number of hydrogen-bond acceptors (Lipinski definition) is 6. The SMILES string of the molecule is CC(C)[C@@H](NC(=O)CSc1ncn(-c2ccccc2)n1)c1ccc2c(c1)OCCCO2. The molecule has 4 rings (SSSR count). The first-order valence-electron chi connectivity index (χ1n) is 10.4. The van der Waals surface area contributed by atoms with E-state index in [0.717, 1.165) is 29.2 Å². The van der Waals surface area contributed by atoms with Crippen molar-refractivity contribution in [2.45, 2.75) is 31.5 Å². The van der Waals surface area contributed by atoms with E-state index in [-0.39, 0.29) is 23.6 Å². The second-order valence-corrected chi connectivity index (χ2v) is 8.58. The molecule has 1 amide bonds. The van der Waals surface area contributed by atoms with E-state index in [4.69, 9.17) is 9.47 Å². The van der Waals surface area contributed by atoms with Gasteiger partial charge in [0, 0.05) is 6.42 Å². The van der Waals surface area contributed by atoms with Crippen molar-refractivity contribution in [1.29, 1.82) is 0 Å². The highest BCUT2D eigenvalue weighted by Crippen LogP contribution is 2.34. The largest absolute Gasteiger partial charge is 0.490 e. The maximum absolute atomic E-state index is 12.7. The molecule has 1 atom stereocenters. The molecule has 0 spiro atoms. The second-order valence-electron chi connectivity index (χ2n) is 7.64. The standard InChI is InChI=1S/C23H26N4O3S/c1-16(2)22(17-9-10-19-20(13-17)30-12-6-11-29-19)25-21(28)14-31-23-24-15-27(26-23)18-7-4-3-5-8-18/h3-5,7-10,13,15-16,22H,6,11-12,14H2,1-2H3,(H,25,28)/t22-/m1/s1. The molecule has 1 aliphatic rings. The number of ether oxygens (including phenoxy) is 2. The zero-order valence-corrected chi connectivity index (χ0v) is 18.5. The summed E-state index contributed by atoms with van der Waals surface area (Å²) in [7, 11) is 0. The van der Waals surface area contributed by atoms with Gasteiger partial charge in [-0.05, 0) is 35.7 Å². The number of amides is 1. The molecule has 1 N–H and O–H groups in total. The van der Waals surface area contributed by atoms with Gasteiger partial charge < -0.3 is 14.8 Å². The lowest BCUT2D eigenvalue weighted by Crippen LogP contribution is -2.33. The molecule has 0 fully saturated rings. The minimum absolute atomic E-state index is 0.0631. The third-order valence-corrected chi connectivity index (χ3v) is 5.79. The van der Waals surface area contributed by atoms with Crippen LogP contribution in [0.2, 0.25) is 0 Å². The van der Waals surface area contributed by atoms with E-state index in [1.165, 1.54) is 11.8 Å². The molecule has 3 aromatic rings. The Morgan fingerprint density at radius 1 is 1.13 bits per heavy atom. The number of aromatic nitrogens is 3. The van der Waals surface area contributed by atoms with Gasteiger partial charge in [-0.25, -0.2) is 9.67 Å². The number of nitrogens with zero attached hydrogens (tertiary/aromatic N) is 3. The van der Waals surface area contributed by atoms with Crippen molar-refractivity contribution in [1.82, 2.24) is 20.1 Å². The third kappa shape index (κ3) is 5.38. The average molecular weight is 439 g/mol. The first-order valence-corrected chi connectivity index (χ1v) is 11.4. The number of benzene rings is 2. The molecular formula is C23H26N4O3S. The number of nitrogens with one attached hydrogen (secondary N) is 1. The normalized spacial score (nSPS) is 14.2. The maximum Gasteiger partial charge on any atom is 0.230 e. The van der Waals surface area contributed by atoms with E-state index in [9.17, 15) is 4.79 Å². The van der Waals surface area contributed by atoms with Crippen LogP contribution in [0.25, 0.3) is 5.69 Å². The highest BCUT2D eigenvalue weighted by molar-refractivity contribution is 7.99. The molecule has 0 aliphatic carbocycles. The monoisotopic (exact) mass is 438 g/mol. The summed E-state index contributed by atoms with van der Waals surface area (Å²) < 4.78 is 13.2. The summed E-state index contributed by atoms with van der Waals surface area (Å²) in [5.41, 5.74) is 1.93. The molecule has 8 heteroatoms. The predicted octanol–water partition coefficient (Wildman–Crippen LogP) is 4.03. The minimum Gasteiger partial charge on any atom is -0.490 e. The lowest BCUT2D eigenvalue weighted by molar-refractivity contribution is -0.119. The van der Waals surface area contributed by atoms with Gasteiger partial charge in [-0.3, -0.25) is 4.79 Å². The van der Waals surface area contributed by atoms with E-state index >= 15 is 0 Å². The summed E-state index contributed by atoms with van der Waals surface area (Å²) in [5.74, 6) is 1.89. The predicted molar refractivity (Wildman–Crippen MR) is 120 cm³/mol. The van der Waals surface area contributed by atoms with Crippen LogP contribution in [0.3, 0.4) is 0 Å². The zero-order valence-electron chi connectivity index (χ0n) is 17.7. The Morgan fingerprint density at radius 2 is 1.90 bits per heavy atom. The third-order valence-electron chi connectivity index (χ3n) is 4.94. The first kappa shape index (κ1) is 21.2. The highest BCUT2D eigenvalue weighted by atomic mass is 32.2. The van der Waals surface area contributed by atoms with Crippen LogP contribution in [0.4, 0.5) is 0 Å². The molecule has 2 heterocycles. The molecule has 31 heavy (non-hydrogen) atoms. The Balaban J connectivity index is 1.38. The topological polar surface area (TPSA) is 78.3 Å². The number of para-hydroxylation sites is 1. The summed E-state index contributed by atoms with van der Waals surface area (Å²) >= 11 is 1.32. The lowest BCUT2D eigenvalue weighted by atomic mass is 9.95. The van der Waals surface area contributed by atoms with Gasteiger partial charge in [0.05, 0.1) is 30.7 Å². The van der Waals surface area contributed by atoms with Crippen LogP contribution in [0.5, 0.6) is 11.5 Å². The molecule has 7 nitrogen and oxygen atoms in total. The number of fused-ring (bicyclic) bond motifs is 1. The average Bonchev–Trinajstić information content (AvgIpc) is 3.14. The molecule has 0 saturated carbocycles. The molecule has 0 radical (unpaired) electrons. The number of carbonyl (C=O) groups is 1. The molecule has 0 bridgehead atoms. The van der Waals surface area contributed by atoms with Crippen molar-refractivity contribution in [3.05, 3.63) is 60.4 Å². The molecule has 2 aromatic carbocycles. The van der Waals surface area contributed by atoms with Crippen molar-refractivity contribution < 1.29 is 14.3 Å². The quantitative estimate of drug-likeness (QED) is 0.561. The smallest absolute Gasteiger partial charge is 0.230 e. The van der Waals surface area contributed by atoms with Crippen LogP contribution in [0.15, 0.2) is 60.0 Å². The molecule has 0 saturated heterocycles. The summed E-state index contributed by atoms with van der Waals surface area (Å²) in [6.07, 6.45) is 2.52. The Bertz CT molecular complexity index is 1020. The van der Waals surface area contributed by atoms with Gasteiger partial charge in [-0.2, -0.15) is 0 Å². The van der Waals surface area contributed by atoms with Gasteiger partial charge in [0.15, 0.2) is 11.5 Å². The van der Waals surface area contributed by atoms with Gasteiger partial charge in [0.1, 0.15) is 6.33 Å². The lowest BCUT2D eigenvalue weighted by Gasteiger charge is -2.23. The first-order chi connectivity index (χ1) is 15.1. The van der Waals surface area contributed by atoms with Crippen molar-refractivity contribution in [3.8, 4) is 17.2 Å². The van der Waals surface area contributed by atoms with E-state index < -0.39 is 0 Å². The molecule has 162 valence electrons. The highest BCUT2D eigenvalue weighted by Gasteiger charge is 2.21. The number of thioether (sulfide) groups is 1. The van der Waals surface area contributed by atoms with Crippen LogP contribution < -0.4 is 14.8 Å². The molecule has 0 unspecified atom stereocenters.